The number of sulfone groups is 1. The summed E-state index contributed by atoms with van der Waals surface area (Å²) in [5.74, 6) is -0.252. The van der Waals surface area contributed by atoms with Crippen LogP contribution in [0.15, 0.2) is 107 Å². The van der Waals surface area contributed by atoms with Crippen molar-refractivity contribution in [1.82, 2.24) is 9.55 Å². The van der Waals surface area contributed by atoms with Gasteiger partial charge in [-0.25, -0.2) is 13.4 Å². The summed E-state index contributed by atoms with van der Waals surface area (Å²) in [6.45, 7) is 3.95. The second kappa shape index (κ2) is 9.80. The highest BCUT2D eigenvalue weighted by Gasteiger charge is 2.24. The molecular weight excluding hydrogens is 526 g/mol. The molecule has 6 rings (SSSR count). The average Bonchev–Trinajstić information content (AvgIpc) is 3.51. The Morgan fingerprint density at radius 1 is 0.897 bits per heavy atom. The second-order valence-electron chi connectivity index (χ2n) is 9.57. The van der Waals surface area contributed by atoms with Gasteiger partial charge < -0.3 is 9.88 Å². The Morgan fingerprint density at radius 2 is 1.62 bits per heavy atom. The molecule has 0 radical (unpaired) electrons. The first kappa shape index (κ1) is 25.0. The number of hydrogen-bond acceptors (Lipinski definition) is 5. The van der Waals surface area contributed by atoms with Crippen LogP contribution in [0.1, 0.15) is 11.1 Å². The standard InChI is InChI=1S/C31H25N3O3S2/c1-20-7-14-24(15-8-20)39(36,37)29-18-34(27-6-4-3-5-25(27)29)19-30(35)32-23-12-10-22(11-13-23)31-33-26-16-9-21(2)17-28(26)38-31/h3-18H,19H2,1-2H3,(H,32,35). The lowest BCUT2D eigenvalue weighted by atomic mass is 10.2. The van der Waals surface area contributed by atoms with Crippen molar-refractivity contribution in [2.75, 3.05) is 5.32 Å². The molecule has 0 bridgehead atoms. The Labute approximate surface area is 230 Å². The highest BCUT2D eigenvalue weighted by molar-refractivity contribution is 7.91. The number of anilines is 1. The zero-order valence-electron chi connectivity index (χ0n) is 21.4. The highest BCUT2D eigenvalue weighted by atomic mass is 32.2. The van der Waals surface area contributed by atoms with Crippen molar-refractivity contribution >= 4 is 53.9 Å². The van der Waals surface area contributed by atoms with E-state index < -0.39 is 9.84 Å². The molecule has 0 aliphatic heterocycles. The first-order chi connectivity index (χ1) is 18.8. The number of hydrogen-bond donors (Lipinski definition) is 1. The van der Waals surface area contributed by atoms with E-state index in [9.17, 15) is 13.2 Å². The molecule has 4 aromatic carbocycles. The monoisotopic (exact) mass is 551 g/mol. The normalized spacial score (nSPS) is 11.7. The fourth-order valence-corrected chi connectivity index (χ4v) is 7.15. The van der Waals surface area contributed by atoms with E-state index in [-0.39, 0.29) is 22.2 Å². The van der Waals surface area contributed by atoms with Gasteiger partial charge in [-0.15, -0.1) is 11.3 Å². The van der Waals surface area contributed by atoms with Crippen molar-refractivity contribution in [2.45, 2.75) is 30.2 Å². The Kier molecular flexibility index (Phi) is 6.29. The number of carbonyl (C=O) groups is 1. The minimum absolute atomic E-state index is 0.0249. The summed E-state index contributed by atoms with van der Waals surface area (Å²) in [5, 5.41) is 4.44. The number of carbonyl (C=O) groups excluding carboxylic acids is 1. The van der Waals surface area contributed by atoms with Crippen LogP contribution in [0.2, 0.25) is 0 Å². The van der Waals surface area contributed by atoms with Gasteiger partial charge in [0.1, 0.15) is 11.6 Å². The topological polar surface area (TPSA) is 81.1 Å². The summed E-state index contributed by atoms with van der Waals surface area (Å²) >= 11 is 1.64. The quantitative estimate of drug-likeness (QED) is 0.242. The first-order valence-corrected chi connectivity index (χ1v) is 14.7. The maximum atomic E-state index is 13.5. The molecular formula is C31H25N3O3S2. The van der Waals surface area contributed by atoms with Crippen LogP contribution in [0, 0.1) is 13.8 Å². The van der Waals surface area contributed by atoms with Crippen LogP contribution in [0.3, 0.4) is 0 Å². The molecule has 39 heavy (non-hydrogen) atoms. The summed E-state index contributed by atoms with van der Waals surface area (Å²) in [6, 6.07) is 27.8. The van der Waals surface area contributed by atoms with Gasteiger partial charge in [-0.05, 0) is 74.0 Å². The number of thiazole rings is 1. The van der Waals surface area contributed by atoms with E-state index >= 15 is 0 Å². The van der Waals surface area contributed by atoms with Gasteiger partial charge in [0, 0.05) is 28.4 Å². The molecule has 8 heteroatoms. The minimum Gasteiger partial charge on any atom is -0.337 e. The van der Waals surface area contributed by atoms with Crippen molar-refractivity contribution in [3.8, 4) is 10.6 Å². The Balaban J connectivity index is 1.23. The van der Waals surface area contributed by atoms with Crippen molar-refractivity contribution in [2.24, 2.45) is 0 Å². The Hall–Kier alpha value is -4.27. The largest absolute Gasteiger partial charge is 0.337 e. The van der Waals surface area contributed by atoms with Crippen molar-refractivity contribution < 1.29 is 13.2 Å². The summed E-state index contributed by atoms with van der Waals surface area (Å²) in [4.78, 5) is 18.1. The highest BCUT2D eigenvalue weighted by Crippen LogP contribution is 2.32. The van der Waals surface area contributed by atoms with Crippen LogP contribution < -0.4 is 5.32 Å². The van der Waals surface area contributed by atoms with E-state index in [1.54, 1.807) is 58.5 Å². The van der Waals surface area contributed by atoms with E-state index in [4.69, 9.17) is 4.98 Å². The van der Waals surface area contributed by atoms with Gasteiger partial charge in [0.15, 0.2) is 0 Å². The van der Waals surface area contributed by atoms with Gasteiger partial charge in [0.2, 0.25) is 15.7 Å². The Morgan fingerprint density at radius 3 is 2.38 bits per heavy atom. The lowest BCUT2D eigenvalue weighted by Crippen LogP contribution is -2.18. The molecule has 1 N–H and O–H groups in total. The summed E-state index contributed by atoms with van der Waals surface area (Å²) in [7, 11) is -3.76. The number of para-hydroxylation sites is 1. The van der Waals surface area contributed by atoms with Crippen LogP contribution in [-0.2, 0) is 21.2 Å². The zero-order valence-corrected chi connectivity index (χ0v) is 23.0. The molecule has 6 aromatic rings. The van der Waals surface area contributed by atoms with Gasteiger partial charge in [0.05, 0.1) is 20.0 Å². The first-order valence-electron chi connectivity index (χ1n) is 12.4. The summed E-state index contributed by atoms with van der Waals surface area (Å²) in [6.07, 6.45) is 1.55. The third-order valence-corrected chi connectivity index (χ3v) is 9.51. The van der Waals surface area contributed by atoms with Gasteiger partial charge in [-0.2, -0.15) is 0 Å². The molecule has 0 saturated carbocycles. The van der Waals surface area contributed by atoms with Gasteiger partial charge in [-0.3, -0.25) is 4.79 Å². The lowest BCUT2D eigenvalue weighted by Gasteiger charge is -2.08. The molecule has 1 amide bonds. The average molecular weight is 552 g/mol. The van der Waals surface area contributed by atoms with Crippen molar-refractivity contribution in [3.05, 3.63) is 108 Å². The van der Waals surface area contributed by atoms with Crippen LogP contribution in [0.25, 0.3) is 31.7 Å². The maximum Gasteiger partial charge on any atom is 0.244 e. The summed E-state index contributed by atoms with van der Waals surface area (Å²) < 4.78 is 29.7. The SMILES string of the molecule is Cc1ccc(S(=O)(=O)c2cn(CC(=O)Nc3ccc(-c4nc5ccc(C)cc5s4)cc3)c3ccccc23)cc1. The molecule has 0 fully saturated rings. The van der Waals surface area contributed by atoms with Gasteiger partial charge >= 0.3 is 0 Å². The number of nitrogens with one attached hydrogen (secondary N) is 1. The van der Waals surface area contributed by atoms with Gasteiger partial charge in [-0.1, -0.05) is 42.0 Å². The maximum absolute atomic E-state index is 13.5. The zero-order chi connectivity index (χ0) is 27.1. The smallest absolute Gasteiger partial charge is 0.244 e. The number of amides is 1. The van der Waals surface area contributed by atoms with E-state index in [2.05, 4.69) is 24.4 Å². The number of aryl methyl sites for hydroxylation is 2. The number of rotatable bonds is 6. The predicted octanol–water partition coefficient (Wildman–Crippen LogP) is 7.01. The predicted molar refractivity (Wildman–Crippen MR) is 157 cm³/mol. The van der Waals surface area contributed by atoms with Crippen LogP contribution >= 0.6 is 11.3 Å². The molecule has 0 aliphatic carbocycles. The molecule has 0 spiro atoms. The third-order valence-electron chi connectivity index (χ3n) is 6.65. The fourth-order valence-electron chi connectivity index (χ4n) is 4.61. The molecule has 6 nitrogen and oxygen atoms in total. The molecule has 0 saturated heterocycles. The lowest BCUT2D eigenvalue weighted by molar-refractivity contribution is -0.116. The van der Waals surface area contributed by atoms with E-state index in [0.717, 1.165) is 26.4 Å². The van der Waals surface area contributed by atoms with Crippen LogP contribution in [0.5, 0.6) is 0 Å². The number of benzene rings is 4. The molecule has 0 unspecified atom stereocenters. The van der Waals surface area contributed by atoms with Gasteiger partial charge in [0.25, 0.3) is 0 Å². The van der Waals surface area contributed by atoms with Crippen molar-refractivity contribution in [1.29, 1.82) is 0 Å². The van der Waals surface area contributed by atoms with Crippen LogP contribution in [-0.4, -0.2) is 23.9 Å². The molecule has 194 valence electrons. The minimum atomic E-state index is -3.76. The number of nitrogens with zero attached hydrogens (tertiary/aromatic N) is 2. The second-order valence-corrected chi connectivity index (χ2v) is 12.5. The van der Waals surface area contributed by atoms with E-state index in [0.29, 0.717) is 16.6 Å². The molecule has 2 heterocycles. The molecule has 2 aromatic heterocycles. The molecule has 0 aliphatic rings. The number of fused-ring (bicyclic) bond motifs is 2. The summed E-state index contributed by atoms with van der Waals surface area (Å²) in [5.41, 5.74) is 5.47. The Bertz CT molecular complexity index is 1950. The van der Waals surface area contributed by atoms with E-state index in [1.165, 1.54) is 5.56 Å². The fraction of sp³-hybridized carbons (Fsp3) is 0.0968. The van der Waals surface area contributed by atoms with Crippen LogP contribution in [0.4, 0.5) is 5.69 Å². The molecule has 0 atom stereocenters. The van der Waals surface area contributed by atoms with Crippen molar-refractivity contribution in [3.63, 3.8) is 0 Å². The number of aromatic nitrogens is 2. The third kappa shape index (κ3) is 4.84. The van der Waals surface area contributed by atoms with E-state index in [1.807, 2.05) is 49.4 Å².